The van der Waals surface area contributed by atoms with Gasteiger partial charge >= 0.3 is 0 Å². The van der Waals surface area contributed by atoms with Crippen molar-refractivity contribution in [3.05, 3.63) is 86.7 Å². The van der Waals surface area contributed by atoms with E-state index in [9.17, 15) is 4.79 Å². The Hall–Kier alpha value is -3.44. The van der Waals surface area contributed by atoms with Gasteiger partial charge in [-0.15, -0.1) is 0 Å². The lowest BCUT2D eigenvalue weighted by Gasteiger charge is -2.19. The molecule has 3 aromatic carbocycles. The van der Waals surface area contributed by atoms with Gasteiger partial charge in [0.25, 0.3) is 0 Å². The smallest absolute Gasteiger partial charge is 0.200 e. The second kappa shape index (κ2) is 9.43. The first-order valence-corrected chi connectivity index (χ1v) is 11.8. The molecule has 6 heteroatoms. The van der Waals surface area contributed by atoms with Crippen molar-refractivity contribution in [1.29, 1.82) is 0 Å². The molecule has 0 unspecified atom stereocenters. The van der Waals surface area contributed by atoms with Crippen molar-refractivity contribution in [2.24, 2.45) is 0 Å². The fraction of sp³-hybridized carbons (Fsp3) is 0.250. The zero-order valence-electron chi connectivity index (χ0n) is 19.2. The van der Waals surface area contributed by atoms with E-state index < -0.39 is 0 Å². The summed E-state index contributed by atoms with van der Waals surface area (Å²) in [6.07, 6.45) is 1.72. The minimum atomic E-state index is -0.0722. The van der Waals surface area contributed by atoms with E-state index in [4.69, 9.17) is 30.2 Å². The Morgan fingerprint density at radius 3 is 2.50 bits per heavy atom. The molecule has 0 fully saturated rings. The molecule has 4 aromatic rings. The van der Waals surface area contributed by atoms with Crippen LogP contribution in [0.3, 0.4) is 0 Å². The Balaban J connectivity index is 1.55. The molecule has 2 heterocycles. The van der Waals surface area contributed by atoms with Crippen molar-refractivity contribution in [2.45, 2.75) is 33.3 Å². The highest BCUT2D eigenvalue weighted by Gasteiger charge is 2.19. The average molecular weight is 477 g/mol. The van der Waals surface area contributed by atoms with E-state index >= 15 is 0 Å². The Morgan fingerprint density at radius 2 is 1.74 bits per heavy atom. The van der Waals surface area contributed by atoms with Crippen LogP contribution in [0.1, 0.15) is 30.2 Å². The predicted molar refractivity (Wildman–Crippen MR) is 133 cm³/mol. The molecule has 0 saturated heterocycles. The predicted octanol–water partition coefficient (Wildman–Crippen LogP) is 6.72. The minimum absolute atomic E-state index is 0.0722. The zero-order valence-corrected chi connectivity index (χ0v) is 19.9. The van der Waals surface area contributed by atoms with Gasteiger partial charge in [-0.05, 0) is 60.4 Å². The van der Waals surface area contributed by atoms with E-state index in [0.29, 0.717) is 58.6 Å². The molecule has 1 aliphatic heterocycles. The Labute approximate surface area is 202 Å². The highest BCUT2D eigenvalue weighted by molar-refractivity contribution is 6.30. The molecule has 0 bridgehead atoms. The summed E-state index contributed by atoms with van der Waals surface area (Å²) in [5, 5.41) is 1.23. The maximum Gasteiger partial charge on any atom is 0.200 e. The third-order valence-corrected chi connectivity index (χ3v) is 6.16. The molecule has 34 heavy (non-hydrogen) atoms. The summed E-state index contributed by atoms with van der Waals surface area (Å²) in [7, 11) is 0. The number of benzene rings is 3. The van der Waals surface area contributed by atoms with E-state index in [1.54, 1.807) is 6.92 Å². The quantitative estimate of drug-likeness (QED) is 0.309. The van der Waals surface area contributed by atoms with Crippen LogP contribution < -0.4 is 19.6 Å². The molecule has 5 rings (SSSR count). The molecule has 5 nitrogen and oxygen atoms in total. The highest BCUT2D eigenvalue weighted by atomic mass is 35.5. The highest BCUT2D eigenvalue weighted by Crippen LogP contribution is 2.36. The SMILES string of the molecule is CCCc1cc2c(=O)c(-c3ccc4c(c3)OCCO4)c(C)oc2cc1OCc1ccc(Cl)cc1. The first-order chi connectivity index (χ1) is 16.5. The van der Waals surface area contributed by atoms with Crippen LogP contribution in [0.5, 0.6) is 17.2 Å². The van der Waals surface area contributed by atoms with Crippen LogP contribution >= 0.6 is 11.6 Å². The van der Waals surface area contributed by atoms with Crippen LogP contribution in [0.15, 0.2) is 63.8 Å². The van der Waals surface area contributed by atoms with Crippen molar-refractivity contribution < 1.29 is 18.6 Å². The number of ether oxygens (including phenoxy) is 3. The number of halogens is 1. The maximum atomic E-state index is 13.6. The fourth-order valence-corrected chi connectivity index (χ4v) is 4.38. The van der Waals surface area contributed by atoms with Gasteiger partial charge < -0.3 is 18.6 Å². The van der Waals surface area contributed by atoms with Gasteiger partial charge in [-0.2, -0.15) is 0 Å². The molecule has 1 aromatic heterocycles. The Bertz CT molecular complexity index is 1410. The molecule has 0 radical (unpaired) electrons. The van der Waals surface area contributed by atoms with Crippen LogP contribution in [0.4, 0.5) is 0 Å². The van der Waals surface area contributed by atoms with Gasteiger partial charge in [-0.25, -0.2) is 0 Å². The van der Waals surface area contributed by atoms with E-state index in [1.165, 1.54) is 0 Å². The summed E-state index contributed by atoms with van der Waals surface area (Å²) in [5.41, 5.74) is 3.71. The van der Waals surface area contributed by atoms with Gasteiger partial charge in [0.05, 0.1) is 10.9 Å². The lowest BCUT2D eigenvalue weighted by molar-refractivity contribution is 0.171. The van der Waals surface area contributed by atoms with Gasteiger partial charge in [0.15, 0.2) is 11.5 Å². The summed E-state index contributed by atoms with van der Waals surface area (Å²) in [5.74, 6) is 2.59. The van der Waals surface area contributed by atoms with Crippen molar-refractivity contribution >= 4 is 22.6 Å². The number of hydrogen-bond donors (Lipinski definition) is 0. The fourth-order valence-electron chi connectivity index (χ4n) is 4.25. The van der Waals surface area contributed by atoms with Gasteiger partial charge in [-0.1, -0.05) is 43.1 Å². The molecule has 0 aliphatic carbocycles. The molecule has 0 N–H and O–H groups in total. The molecule has 0 amide bonds. The Kier molecular flexibility index (Phi) is 6.20. The molecule has 1 aliphatic rings. The number of rotatable bonds is 6. The van der Waals surface area contributed by atoms with Crippen molar-refractivity contribution in [3.63, 3.8) is 0 Å². The van der Waals surface area contributed by atoms with Crippen LogP contribution in [0.2, 0.25) is 5.02 Å². The summed E-state index contributed by atoms with van der Waals surface area (Å²) in [4.78, 5) is 13.6. The first-order valence-electron chi connectivity index (χ1n) is 11.4. The topological polar surface area (TPSA) is 57.9 Å². The number of hydrogen-bond acceptors (Lipinski definition) is 5. The van der Waals surface area contributed by atoms with Gasteiger partial charge in [-0.3, -0.25) is 4.79 Å². The largest absolute Gasteiger partial charge is 0.488 e. The third kappa shape index (κ3) is 4.36. The molecule has 0 atom stereocenters. The minimum Gasteiger partial charge on any atom is -0.488 e. The van der Waals surface area contributed by atoms with E-state index in [1.807, 2.05) is 54.6 Å². The Morgan fingerprint density at radius 1 is 0.971 bits per heavy atom. The van der Waals surface area contributed by atoms with E-state index in [2.05, 4.69) is 6.92 Å². The molecule has 174 valence electrons. The molecule has 0 spiro atoms. The number of aryl methyl sites for hydroxylation is 2. The molecular weight excluding hydrogens is 452 g/mol. The summed E-state index contributed by atoms with van der Waals surface area (Å²) in [6, 6.07) is 16.8. The molecular formula is C28H25ClO5. The lowest BCUT2D eigenvalue weighted by Crippen LogP contribution is -2.15. The standard InChI is InChI=1S/C28H25ClO5/c1-3-4-19-13-22-25(15-24(19)33-16-18-5-8-21(29)9-6-18)34-17(2)27(28(22)30)20-7-10-23-26(14-20)32-12-11-31-23/h5-10,13-15H,3-4,11-12,16H2,1-2H3. The van der Waals surface area contributed by atoms with Crippen LogP contribution in [0, 0.1) is 6.92 Å². The first kappa shape index (κ1) is 22.4. The normalized spacial score (nSPS) is 12.7. The molecule has 0 saturated carbocycles. The van der Waals surface area contributed by atoms with Crippen LogP contribution in [-0.2, 0) is 13.0 Å². The van der Waals surface area contributed by atoms with E-state index in [-0.39, 0.29) is 5.43 Å². The lowest BCUT2D eigenvalue weighted by atomic mass is 9.99. The summed E-state index contributed by atoms with van der Waals surface area (Å²) in [6.45, 7) is 5.32. The number of fused-ring (bicyclic) bond motifs is 2. The van der Waals surface area contributed by atoms with E-state index in [0.717, 1.165) is 35.3 Å². The third-order valence-electron chi connectivity index (χ3n) is 5.91. The second-order valence-corrected chi connectivity index (χ2v) is 8.78. The maximum absolute atomic E-state index is 13.6. The van der Waals surface area contributed by atoms with Crippen LogP contribution in [0.25, 0.3) is 22.1 Å². The van der Waals surface area contributed by atoms with Crippen LogP contribution in [-0.4, -0.2) is 13.2 Å². The van der Waals surface area contributed by atoms with Gasteiger partial charge in [0.1, 0.15) is 36.9 Å². The van der Waals surface area contributed by atoms with Crippen molar-refractivity contribution in [2.75, 3.05) is 13.2 Å². The average Bonchev–Trinajstić information content (AvgIpc) is 2.84. The summed E-state index contributed by atoms with van der Waals surface area (Å²) < 4.78 is 23.6. The monoisotopic (exact) mass is 476 g/mol. The van der Waals surface area contributed by atoms with Crippen molar-refractivity contribution in [1.82, 2.24) is 0 Å². The van der Waals surface area contributed by atoms with Crippen molar-refractivity contribution in [3.8, 4) is 28.4 Å². The van der Waals surface area contributed by atoms with Gasteiger partial charge in [0.2, 0.25) is 5.43 Å². The summed E-state index contributed by atoms with van der Waals surface area (Å²) >= 11 is 5.99. The zero-order chi connectivity index (χ0) is 23.7. The second-order valence-electron chi connectivity index (χ2n) is 8.34. The van der Waals surface area contributed by atoms with Gasteiger partial charge in [0, 0.05) is 11.1 Å².